The van der Waals surface area contributed by atoms with Crippen molar-refractivity contribution in [3.05, 3.63) is 69.5 Å². The third-order valence-electron chi connectivity index (χ3n) is 4.20. The van der Waals surface area contributed by atoms with E-state index in [1.54, 1.807) is 0 Å². The summed E-state index contributed by atoms with van der Waals surface area (Å²) in [4.78, 5) is 14.3. The third kappa shape index (κ3) is 3.48. The highest BCUT2D eigenvalue weighted by molar-refractivity contribution is 9.10. The lowest BCUT2D eigenvalue weighted by atomic mass is 10.1. The van der Waals surface area contributed by atoms with Crippen LogP contribution >= 0.6 is 27.3 Å². The second-order valence-electron chi connectivity index (χ2n) is 5.98. The van der Waals surface area contributed by atoms with E-state index in [4.69, 9.17) is 9.47 Å². The van der Waals surface area contributed by atoms with Gasteiger partial charge in [-0.05, 0) is 60.5 Å². The Kier molecular flexibility index (Phi) is 4.70. The molecule has 0 unspecified atom stereocenters. The van der Waals surface area contributed by atoms with E-state index in [1.165, 1.54) is 11.3 Å². The molecular weight excluding hydrogens is 414 g/mol. The van der Waals surface area contributed by atoms with Gasteiger partial charge < -0.3 is 14.8 Å². The van der Waals surface area contributed by atoms with E-state index in [0.29, 0.717) is 4.88 Å². The molecule has 26 heavy (non-hydrogen) atoms. The maximum absolute atomic E-state index is 12.6. The predicted octanol–water partition coefficient (Wildman–Crippen LogP) is 5.40. The summed E-state index contributed by atoms with van der Waals surface area (Å²) in [5, 5.41) is 3.05. The van der Waals surface area contributed by atoms with Gasteiger partial charge in [0.2, 0.25) is 6.79 Å². The van der Waals surface area contributed by atoms with Gasteiger partial charge in [0.05, 0.1) is 10.9 Å². The Hall–Kier alpha value is -2.31. The number of amides is 1. The van der Waals surface area contributed by atoms with Crippen molar-refractivity contribution in [2.45, 2.75) is 13.0 Å². The molecule has 6 heteroatoms. The van der Waals surface area contributed by atoms with E-state index in [-0.39, 0.29) is 18.7 Å². The molecule has 3 aromatic rings. The van der Waals surface area contributed by atoms with E-state index in [2.05, 4.69) is 21.2 Å². The smallest absolute Gasteiger partial charge is 0.261 e. The first kappa shape index (κ1) is 17.1. The second kappa shape index (κ2) is 7.13. The van der Waals surface area contributed by atoms with Gasteiger partial charge in [0, 0.05) is 9.35 Å². The Bertz CT molecular complexity index is 952. The Morgan fingerprint density at radius 1 is 1.08 bits per heavy atom. The number of thiophene rings is 1. The van der Waals surface area contributed by atoms with Crippen LogP contribution in [0.25, 0.3) is 10.4 Å². The molecular formula is C20H16BrNO3S. The lowest BCUT2D eigenvalue weighted by Crippen LogP contribution is -2.25. The normalized spacial score (nSPS) is 13.5. The highest BCUT2D eigenvalue weighted by atomic mass is 79.9. The van der Waals surface area contributed by atoms with E-state index in [0.717, 1.165) is 32.0 Å². The molecule has 1 amide bonds. The molecule has 0 aliphatic carbocycles. The summed E-state index contributed by atoms with van der Waals surface area (Å²) < 4.78 is 11.8. The molecule has 1 N–H and O–H groups in total. The summed E-state index contributed by atoms with van der Waals surface area (Å²) in [6, 6.07) is 17.5. The van der Waals surface area contributed by atoms with E-state index in [9.17, 15) is 4.79 Å². The van der Waals surface area contributed by atoms with Crippen molar-refractivity contribution in [2.75, 3.05) is 6.79 Å². The number of ether oxygens (including phenoxy) is 2. The number of hydrogen-bond donors (Lipinski definition) is 1. The molecule has 0 radical (unpaired) electrons. The van der Waals surface area contributed by atoms with Gasteiger partial charge in [-0.3, -0.25) is 4.79 Å². The molecule has 1 aromatic heterocycles. The summed E-state index contributed by atoms with van der Waals surface area (Å²) >= 11 is 4.89. The first-order valence-electron chi connectivity index (χ1n) is 8.16. The predicted molar refractivity (Wildman–Crippen MR) is 106 cm³/mol. The highest BCUT2D eigenvalue weighted by Crippen LogP contribution is 2.38. The quantitative estimate of drug-likeness (QED) is 0.603. The summed E-state index contributed by atoms with van der Waals surface area (Å²) in [6.07, 6.45) is 0. The van der Waals surface area contributed by atoms with Gasteiger partial charge >= 0.3 is 0 Å². The fourth-order valence-electron chi connectivity index (χ4n) is 2.77. The zero-order chi connectivity index (χ0) is 18.1. The van der Waals surface area contributed by atoms with Gasteiger partial charge in [-0.25, -0.2) is 0 Å². The molecule has 1 aliphatic rings. The van der Waals surface area contributed by atoms with Gasteiger partial charge in [0.25, 0.3) is 5.91 Å². The number of nitrogens with one attached hydrogen (secondary N) is 1. The van der Waals surface area contributed by atoms with Crippen molar-refractivity contribution in [1.29, 1.82) is 0 Å². The summed E-state index contributed by atoms with van der Waals surface area (Å²) in [5.74, 6) is 1.43. The molecule has 0 spiro atoms. The Morgan fingerprint density at radius 2 is 1.85 bits per heavy atom. The monoisotopic (exact) mass is 429 g/mol. The van der Waals surface area contributed by atoms with Gasteiger partial charge in [0.1, 0.15) is 0 Å². The minimum Gasteiger partial charge on any atom is -0.454 e. The number of halogens is 1. The average molecular weight is 430 g/mol. The molecule has 0 saturated carbocycles. The van der Waals surface area contributed by atoms with E-state index < -0.39 is 0 Å². The molecule has 132 valence electrons. The van der Waals surface area contributed by atoms with Crippen molar-refractivity contribution in [3.63, 3.8) is 0 Å². The fourth-order valence-corrected chi connectivity index (χ4v) is 3.94. The molecule has 2 aromatic carbocycles. The maximum atomic E-state index is 12.6. The van der Waals surface area contributed by atoms with Crippen LogP contribution in [0.1, 0.15) is 28.2 Å². The number of carbonyl (C=O) groups excluding carboxylic acids is 1. The van der Waals surface area contributed by atoms with Crippen LogP contribution in [-0.2, 0) is 0 Å². The molecule has 1 aliphatic heterocycles. The Morgan fingerprint density at radius 3 is 2.65 bits per heavy atom. The van der Waals surface area contributed by atoms with Crippen LogP contribution in [0.2, 0.25) is 0 Å². The topological polar surface area (TPSA) is 47.6 Å². The second-order valence-corrected chi connectivity index (χ2v) is 7.98. The van der Waals surface area contributed by atoms with Crippen LogP contribution in [-0.4, -0.2) is 12.7 Å². The first-order valence-corrected chi connectivity index (χ1v) is 9.77. The Labute approximate surface area is 163 Å². The third-order valence-corrected chi connectivity index (χ3v) is 5.87. The standard InChI is InChI=1S/C20H16BrNO3S/c1-12(13-2-5-15(21)6-3-13)22-20(23)19-9-8-18(26-19)14-4-7-16-17(10-14)25-11-24-16/h2-10,12H,11H2,1H3,(H,22,23)/t12-/m0/s1. The number of hydrogen-bond acceptors (Lipinski definition) is 4. The molecule has 1 atom stereocenters. The SMILES string of the molecule is C[C@H](NC(=O)c1ccc(-c2ccc3c(c2)OCO3)s1)c1ccc(Br)cc1. The van der Waals surface area contributed by atoms with Crippen molar-refractivity contribution in [3.8, 4) is 21.9 Å². The van der Waals surface area contributed by atoms with Gasteiger partial charge in [0.15, 0.2) is 11.5 Å². The van der Waals surface area contributed by atoms with Crippen LogP contribution in [0.3, 0.4) is 0 Å². The molecule has 0 saturated heterocycles. The van der Waals surface area contributed by atoms with Crippen LogP contribution < -0.4 is 14.8 Å². The first-order chi connectivity index (χ1) is 12.6. The molecule has 0 fully saturated rings. The largest absolute Gasteiger partial charge is 0.454 e. The average Bonchev–Trinajstić information content (AvgIpc) is 3.31. The van der Waals surface area contributed by atoms with Crippen molar-refractivity contribution >= 4 is 33.2 Å². The lowest BCUT2D eigenvalue weighted by Gasteiger charge is -2.13. The van der Waals surface area contributed by atoms with Crippen LogP contribution in [0, 0.1) is 0 Å². The van der Waals surface area contributed by atoms with Gasteiger partial charge in [-0.2, -0.15) is 0 Å². The number of benzene rings is 2. The van der Waals surface area contributed by atoms with Gasteiger partial charge in [-0.15, -0.1) is 11.3 Å². The van der Waals surface area contributed by atoms with Crippen molar-refractivity contribution < 1.29 is 14.3 Å². The van der Waals surface area contributed by atoms with Crippen molar-refractivity contribution in [2.24, 2.45) is 0 Å². The maximum Gasteiger partial charge on any atom is 0.261 e. The number of carbonyl (C=O) groups is 1. The zero-order valence-corrected chi connectivity index (χ0v) is 16.4. The molecule has 4 nitrogen and oxygen atoms in total. The Balaban J connectivity index is 1.48. The molecule has 2 heterocycles. The number of rotatable bonds is 4. The van der Waals surface area contributed by atoms with Crippen LogP contribution in [0.5, 0.6) is 11.5 Å². The van der Waals surface area contributed by atoms with E-state index in [1.807, 2.05) is 61.5 Å². The minimum absolute atomic E-state index is 0.0632. The van der Waals surface area contributed by atoms with Gasteiger partial charge in [-0.1, -0.05) is 28.1 Å². The highest BCUT2D eigenvalue weighted by Gasteiger charge is 2.17. The summed E-state index contributed by atoms with van der Waals surface area (Å²) in [6.45, 7) is 2.23. The minimum atomic E-state index is -0.0718. The number of fused-ring (bicyclic) bond motifs is 1. The molecule has 0 bridgehead atoms. The lowest BCUT2D eigenvalue weighted by molar-refractivity contribution is 0.0944. The molecule has 4 rings (SSSR count). The fraction of sp³-hybridized carbons (Fsp3) is 0.150. The van der Waals surface area contributed by atoms with E-state index >= 15 is 0 Å². The van der Waals surface area contributed by atoms with Crippen molar-refractivity contribution in [1.82, 2.24) is 5.32 Å². The van der Waals surface area contributed by atoms with Crippen LogP contribution in [0.15, 0.2) is 59.1 Å². The zero-order valence-electron chi connectivity index (χ0n) is 14.0. The summed E-state index contributed by atoms with van der Waals surface area (Å²) in [7, 11) is 0. The summed E-state index contributed by atoms with van der Waals surface area (Å²) in [5.41, 5.74) is 2.08. The van der Waals surface area contributed by atoms with Crippen LogP contribution in [0.4, 0.5) is 0 Å².